The first-order valence-corrected chi connectivity index (χ1v) is 8.50. The van der Waals surface area contributed by atoms with Gasteiger partial charge in [0, 0.05) is 0 Å². The fourth-order valence-corrected chi connectivity index (χ4v) is 4.80. The Morgan fingerprint density at radius 2 is 1.86 bits per heavy atom. The van der Waals surface area contributed by atoms with Crippen LogP contribution in [0.2, 0.25) is 0 Å². The van der Waals surface area contributed by atoms with Gasteiger partial charge in [-0.25, -0.2) is 13.2 Å². The minimum absolute atomic E-state index is 0.167. The summed E-state index contributed by atoms with van der Waals surface area (Å²) in [7, 11) is -3.93. The molecule has 0 amide bonds. The lowest BCUT2D eigenvalue weighted by Crippen LogP contribution is -2.17. The molecule has 2 rings (SSSR count). The van der Waals surface area contributed by atoms with Crippen LogP contribution in [0.1, 0.15) is 26.4 Å². The standard InChI is InChI=1S/C14H15NO4S2/c1-8-4-5-11(9(2)6-8)15-21(18,19)13-10(3)7-20-12(13)14(16)17/h4-7,15H,1-3H3,(H,16,17). The Hall–Kier alpha value is -1.86. The first kappa shape index (κ1) is 15.5. The van der Waals surface area contributed by atoms with Gasteiger partial charge in [-0.1, -0.05) is 17.7 Å². The number of rotatable bonds is 4. The fourth-order valence-electron chi connectivity index (χ4n) is 2.04. The lowest BCUT2D eigenvalue weighted by molar-refractivity contribution is 0.0698. The summed E-state index contributed by atoms with van der Waals surface area (Å²) in [5.74, 6) is -1.24. The van der Waals surface area contributed by atoms with E-state index >= 15 is 0 Å². The van der Waals surface area contributed by atoms with Gasteiger partial charge in [0.2, 0.25) is 0 Å². The predicted molar refractivity (Wildman–Crippen MR) is 82.7 cm³/mol. The summed E-state index contributed by atoms with van der Waals surface area (Å²) in [6.45, 7) is 5.29. The normalized spacial score (nSPS) is 11.4. The zero-order valence-electron chi connectivity index (χ0n) is 11.8. The smallest absolute Gasteiger partial charge is 0.347 e. The van der Waals surface area contributed by atoms with Gasteiger partial charge in [-0.3, -0.25) is 4.72 Å². The minimum atomic E-state index is -3.93. The summed E-state index contributed by atoms with van der Waals surface area (Å²) in [5, 5.41) is 10.6. The molecule has 2 N–H and O–H groups in total. The second-order valence-electron chi connectivity index (χ2n) is 4.81. The van der Waals surface area contributed by atoms with E-state index in [0.717, 1.165) is 22.5 Å². The second kappa shape index (κ2) is 5.50. The second-order valence-corrected chi connectivity index (χ2v) is 7.30. The Morgan fingerprint density at radius 3 is 2.43 bits per heavy atom. The quantitative estimate of drug-likeness (QED) is 0.904. The van der Waals surface area contributed by atoms with Crippen LogP contribution >= 0.6 is 11.3 Å². The van der Waals surface area contributed by atoms with E-state index in [1.54, 1.807) is 26.0 Å². The van der Waals surface area contributed by atoms with Gasteiger partial charge in [-0.15, -0.1) is 11.3 Å². The van der Waals surface area contributed by atoms with Crippen molar-refractivity contribution in [2.45, 2.75) is 25.7 Å². The van der Waals surface area contributed by atoms with Crippen molar-refractivity contribution in [3.8, 4) is 0 Å². The molecule has 0 radical (unpaired) electrons. The molecule has 0 saturated heterocycles. The molecule has 0 saturated carbocycles. The highest BCUT2D eigenvalue weighted by molar-refractivity contribution is 7.93. The van der Waals surface area contributed by atoms with Crippen molar-refractivity contribution >= 4 is 33.0 Å². The molecule has 0 unspecified atom stereocenters. The molecule has 1 aromatic heterocycles. The van der Waals surface area contributed by atoms with E-state index in [0.29, 0.717) is 11.3 Å². The Labute approximate surface area is 127 Å². The van der Waals surface area contributed by atoms with Crippen molar-refractivity contribution < 1.29 is 18.3 Å². The zero-order chi connectivity index (χ0) is 15.8. The van der Waals surface area contributed by atoms with Crippen LogP contribution in [-0.4, -0.2) is 19.5 Å². The molecule has 1 heterocycles. The highest BCUT2D eigenvalue weighted by Gasteiger charge is 2.27. The number of thiophene rings is 1. The minimum Gasteiger partial charge on any atom is -0.477 e. The number of carbonyl (C=O) groups is 1. The van der Waals surface area contributed by atoms with Crippen LogP contribution in [0.25, 0.3) is 0 Å². The molecule has 0 atom stereocenters. The van der Waals surface area contributed by atoms with Crippen molar-refractivity contribution in [2.75, 3.05) is 4.72 Å². The van der Waals surface area contributed by atoms with Crippen LogP contribution in [0.4, 0.5) is 5.69 Å². The van der Waals surface area contributed by atoms with Gasteiger partial charge >= 0.3 is 5.97 Å². The molecule has 0 aliphatic carbocycles. The van der Waals surface area contributed by atoms with Gasteiger partial charge in [0.1, 0.15) is 9.77 Å². The van der Waals surface area contributed by atoms with Crippen molar-refractivity contribution in [3.05, 3.63) is 45.1 Å². The number of aromatic carboxylic acids is 1. The number of hydrogen-bond acceptors (Lipinski definition) is 4. The van der Waals surface area contributed by atoms with Crippen LogP contribution in [-0.2, 0) is 10.0 Å². The summed E-state index contributed by atoms with van der Waals surface area (Å²) in [6, 6.07) is 5.32. The van der Waals surface area contributed by atoms with Crippen LogP contribution in [0.3, 0.4) is 0 Å². The third-order valence-electron chi connectivity index (χ3n) is 3.01. The number of carboxylic acid groups (broad SMARTS) is 1. The predicted octanol–water partition coefficient (Wildman–Crippen LogP) is 3.17. The summed E-state index contributed by atoms with van der Waals surface area (Å²) in [6.07, 6.45) is 0. The first-order chi connectivity index (χ1) is 9.72. The van der Waals surface area contributed by atoms with Gasteiger partial charge in [-0.2, -0.15) is 0 Å². The average Bonchev–Trinajstić information content (AvgIpc) is 2.76. The first-order valence-electron chi connectivity index (χ1n) is 6.14. The molecule has 0 aliphatic rings. The number of benzene rings is 1. The SMILES string of the molecule is Cc1ccc(NS(=O)(=O)c2c(C)csc2C(=O)O)c(C)c1. The van der Waals surface area contributed by atoms with Crippen LogP contribution in [0.15, 0.2) is 28.5 Å². The average molecular weight is 325 g/mol. The third kappa shape index (κ3) is 3.08. The van der Waals surface area contributed by atoms with Gasteiger partial charge in [0.15, 0.2) is 0 Å². The fraction of sp³-hybridized carbons (Fsp3) is 0.214. The Balaban J connectivity index is 2.48. The van der Waals surface area contributed by atoms with Gasteiger partial charge in [0.25, 0.3) is 10.0 Å². The highest BCUT2D eigenvalue weighted by Crippen LogP contribution is 2.29. The summed E-state index contributed by atoms with van der Waals surface area (Å²) in [4.78, 5) is 10.8. The van der Waals surface area contributed by atoms with E-state index in [1.807, 2.05) is 13.0 Å². The van der Waals surface area contributed by atoms with Crippen molar-refractivity contribution in [1.82, 2.24) is 0 Å². The molecule has 0 aliphatic heterocycles. The Kier molecular flexibility index (Phi) is 4.06. The van der Waals surface area contributed by atoms with E-state index in [4.69, 9.17) is 5.11 Å². The molecule has 1 aromatic carbocycles. The van der Waals surface area contributed by atoms with Crippen LogP contribution in [0.5, 0.6) is 0 Å². The third-order valence-corrected chi connectivity index (χ3v) is 5.77. The summed E-state index contributed by atoms with van der Waals surface area (Å²) in [5.41, 5.74) is 2.67. The van der Waals surface area contributed by atoms with Crippen molar-refractivity contribution in [1.29, 1.82) is 0 Å². The number of sulfonamides is 1. The van der Waals surface area contributed by atoms with E-state index in [1.165, 1.54) is 5.38 Å². The monoisotopic (exact) mass is 325 g/mol. The molecule has 0 bridgehead atoms. The maximum atomic E-state index is 12.5. The number of hydrogen-bond donors (Lipinski definition) is 2. The highest BCUT2D eigenvalue weighted by atomic mass is 32.2. The topological polar surface area (TPSA) is 83.5 Å². The maximum absolute atomic E-state index is 12.5. The Morgan fingerprint density at radius 1 is 1.19 bits per heavy atom. The summed E-state index contributed by atoms with van der Waals surface area (Å²) < 4.78 is 27.4. The molecule has 5 nitrogen and oxygen atoms in total. The van der Waals surface area contributed by atoms with Gasteiger partial charge in [-0.05, 0) is 43.3 Å². The largest absolute Gasteiger partial charge is 0.477 e. The van der Waals surface area contributed by atoms with Crippen molar-refractivity contribution in [2.24, 2.45) is 0 Å². The van der Waals surface area contributed by atoms with E-state index < -0.39 is 16.0 Å². The molecule has 2 aromatic rings. The number of nitrogens with one attached hydrogen (secondary N) is 1. The molecule has 0 spiro atoms. The van der Waals surface area contributed by atoms with E-state index in [9.17, 15) is 13.2 Å². The maximum Gasteiger partial charge on any atom is 0.347 e. The van der Waals surface area contributed by atoms with Gasteiger partial charge in [0.05, 0.1) is 5.69 Å². The lowest BCUT2D eigenvalue weighted by atomic mass is 10.1. The number of carboxylic acids is 1. The molecule has 21 heavy (non-hydrogen) atoms. The van der Waals surface area contributed by atoms with Crippen LogP contribution < -0.4 is 4.72 Å². The van der Waals surface area contributed by atoms with E-state index in [2.05, 4.69) is 4.72 Å². The molecular formula is C14H15NO4S2. The molecule has 112 valence electrons. The van der Waals surface area contributed by atoms with Crippen molar-refractivity contribution in [3.63, 3.8) is 0 Å². The Bertz CT molecular complexity index is 806. The van der Waals surface area contributed by atoms with E-state index in [-0.39, 0.29) is 9.77 Å². The van der Waals surface area contributed by atoms with Crippen LogP contribution in [0, 0.1) is 20.8 Å². The number of aryl methyl sites for hydroxylation is 3. The molecular weight excluding hydrogens is 310 g/mol. The lowest BCUT2D eigenvalue weighted by Gasteiger charge is -2.11. The molecule has 0 fully saturated rings. The molecule has 7 heteroatoms. The van der Waals surface area contributed by atoms with Gasteiger partial charge < -0.3 is 5.11 Å². The number of anilines is 1. The zero-order valence-corrected chi connectivity index (χ0v) is 13.4. The summed E-state index contributed by atoms with van der Waals surface area (Å²) >= 11 is 0.910.